The molecule has 1 amide bonds. The zero-order valence-electron chi connectivity index (χ0n) is 10.6. The number of carbonyl (C=O) groups is 1. The van der Waals surface area contributed by atoms with Crippen molar-refractivity contribution >= 4 is 17.5 Å². The summed E-state index contributed by atoms with van der Waals surface area (Å²) in [6, 6.07) is 4.42. The highest BCUT2D eigenvalue weighted by atomic mass is 35.5. The van der Waals surface area contributed by atoms with E-state index >= 15 is 0 Å². The van der Waals surface area contributed by atoms with Gasteiger partial charge in [-0.3, -0.25) is 9.69 Å². The van der Waals surface area contributed by atoms with Crippen molar-refractivity contribution in [1.82, 2.24) is 15.5 Å². The Hall–Kier alpha value is -1.17. The Kier molecular flexibility index (Phi) is 5.13. The molecule has 0 radical (unpaired) electrons. The molecule has 2 rings (SSSR count). The highest BCUT2D eigenvalue weighted by Crippen LogP contribution is 2.17. The molecule has 6 heteroatoms. The van der Waals surface area contributed by atoms with Crippen molar-refractivity contribution < 1.29 is 9.18 Å². The topological polar surface area (TPSA) is 44.4 Å². The van der Waals surface area contributed by atoms with Crippen LogP contribution in [0.2, 0.25) is 5.02 Å². The summed E-state index contributed by atoms with van der Waals surface area (Å²) in [5.41, 5.74) is -0.00666. The third kappa shape index (κ3) is 3.89. The average molecular weight is 286 g/mol. The molecule has 0 bridgehead atoms. The van der Waals surface area contributed by atoms with E-state index in [1.54, 1.807) is 6.07 Å². The van der Waals surface area contributed by atoms with Gasteiger partial charge in [-0.25, -0.2) is 4.39 Å². The van der Waals surface area contributed by atoms with Gasteiger partial charge in [0.1, 0.15) is 0 Å². The molecule has 1 aromatic carbocycles. The van der Waals surface area contributed by atoms with Gasteiger partial charge in [-0.2, -0.15) is 0 Å². The van der Waals surface area contributed by atoms with E-state index in [9.17, 15) is 9.18 Å². The number of halogens is 2. The third-order valence-corrected chi connectivity index (χ3v) is 3.41. The summed E-state index contributed by atoms with van der Waals surface area (Å²) < 4.78 is 13.6. The third-order valence-electron chi connectivity index (χ3n) is 3.12. The standard InChI is InChI=1S/C13H17ClFN3O/c14-11-3-1-2-10(12(11)15)13(19)17-6-9-18-7-4-16-5-8-18/h1-3,16H,4-9H2,(H,17,19). The molecule has 1 aromatic rings. The van der Waals surface area contributed by atoms with Crippen LogP contribution in [0.4, 0.5) is 4.39 Å². The summed E-state index contributed by atoms with van der Waals surface area (Å²) in [4.78, 5) is 14.1. The van der Waals surface area contributed by atoms with Crippen LogP contribution >= 0.6 is 11.6 Å². The van der Waals surface area contributed by atoms with Crippen molar-refractivity contribution in [2.24, 2.45) is 0 Å². The van der Waals surface area contributed by atoms with Gasteiger partial charge in [-0.1, -0.05) is 17.7 Å². The number of nitrogens with one attached hydrogen (secondary N) is 2. The molecule has 0 unspecified atom stereocenters. The van der Waals surface area contributed by atoms with Crippen molar-refractivity contribution in [3.8, 4) is 0 Å². The van der Waals surface area contributed by atoms with E-state index in [0.29, 0.717) is 6.54 Å². The molecule has 4 nitrogen and oxygen atoms in total. The molecule has 1 aliphatic rings. The summed E-state index contributed by atoms with van der Waals surface area (Å²) in [5.74, 6) is -1.08. The van der Waals surface area contributed by atoms with Crippen molar-refractivity contribution in [2.75, 3.05) is 39.3 Å². The molecule has 0 atom stereocenters. The Balaban J connectivity index is 1.82. The van der Waals surface area contributed by atoms with Crippen molar-refractivity contribution in [1.29, 1.82) is 0 Å². The fraction of sp³-hybridized carbons (Fsp3) is 0.462. The van der Waals surface area contributed by atoms with Crippen molar-refractivity contribution in [3.63, 3.8) is 0 Å². The fourth-order valence-corrected chi connectivity index (χ4v) is 2.21. The van der Waals surface area contributed by atoms with Crippen LogP contribution in [0.3, 0.4) is 0 Å². The maximum absolute atomic E-state index is 13.6. The maximum Gasteiger partial charge on any atom is 0.254 e. The first-order chi connectivity index (χ1) is 9.18. The molecular weight excluding hydrogens is 269 g/mol. The smallest absolute Gasteiger partial charge is 0.254 e. The van der Waals surface area contributed by atoms with Crippen LogP contribution in [-0.2, 0) is 0 Å². The Morgan fingerprint density at radius 1 is 1.42 bits per heavy atom. The Labute approximate surface area is 116 Å². The zero-order chi connectivity index (χ0) is 13.7. The molecule has 1 heterocycles. The normalized spacial score (nSPS) is 16.3. The van der Waals surface area contributed by atoms with Gasteiger partial charge in [0, 0.05) is 39.3 Å². The lowest BCUT2D eigenvalue weighted by Gasteiger charge is -2.27. The number of nitrogens with zero attached hydrogens (tertiary/aromatic N) is 1. The first-order valence-electron chi connectivity index (χ1n) is 6.34. The molecule has 1 aliphatic heterocycles. The number of benzene rings is 1. The van der Waals surface area contributed by atoms with E-state index < -0.39 is 11.7 Å². The molecule has 0 saturated carbocycles. The number of amides is 1. The molecule has 104 valence electrons. The maximum atomic E-state index is 13.6. The van der Waals surface area contributed by atoms with Gasteiger partial charge in [-0.15, -0.1) is 0 Å². The first-order valence-corrected chi connectivity index (χ1v) is 6.71. The van der Waals surface area contributed by atoms with Crippen LogP contribution in [0.25, 0.3) is 0 Å². The van der Waals surface area contributed by atoms with Crippen LogP contribution in [-0.4, -0.2) is 50.1 Å². The number of hydrogen-bond acceptors (Lipinski definition) is 3. The lowest BCUT2D eigenvalue weighted by atomic mass is 10.2. The molecule has 2 N–H and O–H groups in total. The quantitative estimate of drug-likeness (QED) is 0.871. The van der Waals surface area contributed by atoms with E-state index in [1.807, 2.05) is 0 Å². The Morgan fingerprint density at radius 3 is 2.89 bits per heavy atom. The van der Waals surface area contributed by atoms with Gasteiger partial charge in [-0.05, 0) is 12.1 Å². The lowest BCUT2D eigenvalue weighted by Crippen LogP contribution is -2.46. The van der Waals surface area contributed by atoms with Gasteiger partial charge in [0.05, 0.1) is 10.6 Å². The first kappa shape index (κ1) is 14.2. The Morgan fingerprint density at radius 2 is 2.16 bits per heavy atom. The minimum absolute atomic E-state index is 0.00666. The lowest BCUT2D eigenvalue weighted by molar-refractivity contribution is 0.0943. The molecule has 19 heavy (non-hydrogen) atoms. The largest absolute Gasteiger partial charge is 0.351 e. The highest BCUT2D eigenvalue weighted by Gasteiger charge is 2.14. The summed E-state index contributed by atoms with van der Waals surface area (Å²) in [6.07, 6.45) is 0. The average Bonchev–Trinajstić information content (AvgIpc) is 2.43. The monoisotopic (exact) mass is 285 g/mol. The number of carbonyl (C=O) groups excluding carboxylic acids is 1. The van der Waals surface area contributed by atoms with E-state index in [0.717, 1.165) is 32.7 Å². The van der Waals surface area contributed by atoms with E-state index in [-0.39, 0.29) is 10.6 Å². The highest BCUT2D eigenvalue weighted by molar-refractivity contribution is 6.31. The van der Waals surface area contributed by atoms with Crippen LogP contribution in [0.15, 0.2) is 18.2 Å². The predicted octanol–water partition coefficient (Wildman–Crippen LogP) is 1.11. The number of rotatable bonds is 4. The minimum atomic E-state index is -0.663. The molecular formula is C13H17ClFN3O. The Bertz CT molecular complexity index is 450. The number of piperazine rings is 1. The van der Waals surface area contributed by atoms with Crippen LogP contribution in [0.1, 0.15) is 10.4 Å². The van der Waals surface area contributed by atoms with Crippen molar-refractivity contribution in [3.05, 3.63) is 34.6 Å². The van der Waals surface area contributed by atoms with Crippen LogP contribution < -0.4 is 10.6 Å². The van der Waals surface area contributed by atoms with Crippen molar-refractivity contribution in [2.45, 2.75) is 0 Å². The number of hydrogen-bond donors (Lipinski definition) is 2. The summed E-state index contributed by atoms with van der Waals surface area (Å²) in [6.45, 7) is 5.16. The second kappa shape index (κ2) is 6.84. The van der Waals surface area contributed by atoms with Gasteiger partial charge in [0.15, 0.2) is 5.82 Å². The second-order valence-corrected chi connectivity index (χ2v) is 4.86. The summed E-state index contributed by atoms with van der Waals surface area (Å²) in [5, 5.41) is 5.94. The second-order valence-electron chi connectivity index (χ2n) is 4.45. The SMILES string of the molecule is O=C(NCCN1CCNCC1)c1cccc(Cl)c1F. The van der Waals surface area contributed by atoms with Gasteiger partial charge < -0.3 is 10.6 Å². The summed E-state index contributed by atoms with van der Waals surface area (Å²) >= 11 is 5.64. The zero-order valence-corrected chi connectivity index (χ0v) is 11.3. The van der Waals surface area contributed by atoms with Crippen LogP contribution in [0, 0.1) is 5.82 Å². The molecule has 1 saturated heterocycles. The molecule has 0 aliphatic carbocycles. The van der Waals surface area contributed by atoms with E-state index in [1.165, 1.54) is 12.1 Å². The van der Waals surface area contributed by atoms with Gasteiger partial charge >= 0.3 is 0 Å². The molecule has 1 fully saturated rings. The van der Waals surface area contributed by atoms with Gasteiger partial charge in [0.2, 0.25) is 0 Å². The molecule has 0 aromatic heterocycles. The minimum Gasteiger partial charge on any atom is -0.351 e. The fourth-order valence-electron chi connectivity index (χ4n) is 2.04. The van der Waals surface area contributed by atoms with E-state index in [4.69, 9.17) is 11.6 Å². The summed E-state index contributed by atoms with van der Waals surface area (Å²) in [7, 11) is 0. The van der Waals surface area contributed by atoms with Gasteiger partial charge in [0.25, 0.3) is 5.91 Å². The van der Waals surface area contributed by atoms with Crippen LogP contribution in [0.5, 0.6) is 0 Å². The molecule has 0 spiro atoms. The predicted molar refractivity (Wildman–Crippen MR) is 73.1 cm³/mol. The van der Waals surface area contributed by atoms with E-state index in [2.05, 4.69) is 15.5 Å².